The van der Waals surface area contributed by atoms with Crippen molar-refractivity contribution in [1.82, 2.24) is 0 Å². The lowest BCUT2D eigenvalue weighted by molar-refractivity contribution is -0.385. The first-order chi connectivity index (χ1) is 9.60. The third-order valence-electron chi connectivity index (χ3n) is 2.82. The van der Waals surface area contributed by atoms with Crippen LogP contribution in [0.15, 0.2) is 51.8 Å². The fourth-order valence-corrected chi connectivity index (χ4v) is 2.52. The number of anilines is 1. The smallest absolute Gasteiger partial charge is 0.275 e. The molecule has 0 amide bonds. The lowest BCUT2D eigenvalue weighted by Crippen LogP contribution is -2.03. The van der Waals surface area contributed by atoms with Crippen LogP contribution in [0.2, 0.25) is 0 Å². The summed E-state index contributed by atoms with van der Waals surface area (Å²) in [5.74, 6) is 0. The zero-order valence-corrected chi connectivity index (χ0v) is 13.2. The molecule has 20 heavy (non-hydrogen) atoms. The van der Waals surface area contributed by atoms with E-state index in [1.807, 2.05) is 30.5 Å². The van der Waals surface area contributed by atoms with Gasteiger partial charge in [0.15, 0.2) is 0 Å². The van der Waals surface area contributed by atoms with Crippen LogP contribution in [0, 0.1) is 10.1 Å². The number of thioether (sulfide) groups is 1. The average Bonchev–Trinajstić information content (AvgIpc) is 2.46. The van der Waals surface area contributed by atoms with Crippen LogP contribution >= 0.6 is 27.7 Å². The van der Waals surface area contributed by atoms with Gasteiger partial charge in [0.1, 0.15) is 0 Å². The van der Waals surface area contributed by atoms with Crippen molar-refractivity contribution in [2.45, 2.75) is 11.4 Å². The minimum Gasteiger partial charge on any atom is -0.381 e. The molecule has 0 fully saturated rings. The van der Waals surface area contributed by atoms with E-state index < -0.39 is 0 Å². The SMILES string of the molecule is CSc1ccc(NCc2ccc(Br)cc2[N+](=O)[O-])cc1. The van der Waals surface area contributed by atoms with Gasteiger partial charge >= 0.3 is 0 Å². The number of hydrogen-bond acceptors (Lipinski definition) is 4. The van der Waals surface area contributed by atoms with E-state index in [2.05, 4.69) is 21.2 Å². The molecule has 0 saturated carbocycles. The molecule has 0 aliphatic rings. The molecule has 2 rings (SSSR count). The Morgan fingerprint density at radius 2 is 1.95 bits per heavy atom. The van der Waals surface area contributed by atoms with Crippen molar-refractivity contribution < 1.29 is 4.92 Å². The highest BCUT2D eigenvalue weighted by molar-refractivity contribution is 9.10. The zero-order valence-electron chi connectivity index (χ0n) is 10.8. The number of benzene rings is 2. The van der Waals surface area contributed by atoms with Crippen LogP contribution in [-0.4, -0.2) is 11.2 Å². The van der Waals surface area contributed by atoms with Gasteiger partial charge in [0, 0.05) is 33.2 Å². The van der Waals surface area contributed by atoms with Gasteiger partial charge in [-0.15, -0.1) is 11.8 Å². The van der Waals surface area contributed by atoms with Crippen LogP contribution in [0.4, 0.5) is 11.4 Å². The molecule has 0 aliphatic carbocycles. The van der Waals surface area contributed by atoms with Gasteiger partial charge in [-0.3, -0.25) is 10.1 Å². The quantitative estimate of drug-likeness (QED) is 0.481. The van der Waals surface area contributed by atoms with E-state index in [4.69, 9.17) is 0 Å². The first-order valence-electron chi connectivity index (χ1n) is 5.91. The van der Waals surface area contributed by atoms with E-state index in [1.165, 1.54) is 11.0 Å². The van der Waals surface area contributed by atoms with Crippen molar-refractivity contribution in [2.75, 3.05) is 11.6 Å². The highest BCUT2D eigenvalue weighted by Crippen LogP contribution is 2.25. The summed E-state index contributed by atoms with van der Waals surface area (Å²) in [6.45, 7) is 0.419. The maximum Gasteiger partial charge on any atom is 0.275 e. The van der Waals surface area contributed by atoms with Crippen LogP contribution in [0.5, 0.6) is 0 Å². The van der Waals surface area contributed by atoms with Gasteiger partial charge in [0.2, 0.25) is 0 Å². The largest absolute Gasteiger partial charge is 0.381 e. The van der Waals surface area contributed by atoms with Crippen molar-refractivity contribution in [1.29, 1.82) is 0 Å². The number of halogens is 1. The summed E-state index contributed by atoms with van der Waals surface area (Å²) < 4.78 is 0.706. The molecule has 1 N–H and O–H groups in total. The summed E-state index contributed by atoms with van der Waals surface area (Å²) in [6, 6.07) is 13.1. The summed E-state index contributed by atoms with van der Waals surface area (Å²) in [5, 5.41) is 14.2. The van der Waals surface area contributed by atoms with Crippen molar-refractivity contribution >= 4 is 39.1 Å². The van der Waals surface area contributed by atoms with E-state index >= 15 is 0 Å². The lowest BCUT2D eigenvalue weighted by Gasteiger charge is -2.08. The average molecular weight is 353 g/mol. The van der Waals surface area contributed by atoms with E-state index in [-0.39, 0.29) is 10.6 Å². The Hall–Kier alpha value is -1.53. The van der Waals surface area contributed by atoms with E-state index in [1.54, 1.807) is 23.9 Å². The monoisotopic (exact) mass is 352 g/mol. The predicted octanol–water partition coefficient (Wildman–Crippen LogP) is 4.69. The molecule has 0 atom stereocenters. The molecular formula is C14H13BrN2O2S. The summed E-state index contributed by atoms with van der Waals surface area (Å²) in [7, 11) is 0. The van der Waals surface area contributed by atoms with E-state index in [0.717, 1.165) is 5.69 Å². The van der Waals surface area contributed by atoms with Crippen LogP contribution in [0.25, 0.3) is 0 Å². The summed E-state index contributed by atoms with van der Waals surface area (Å²) in [6.07, 6.45) is 2.02. The number of nitrogens with zero attached hydrogens (tertiary/aromatic N) is 1. The fourth-order valence-electron chi connectivity index (χ4n) is 1.76. The maximum atomic E-state index is 11.0. The van der Waals surface area contributed by atoms with E-state index in [9.17, 15) is 10.1 Å². The Morgan fingerprint density at radius 1 is 1.25 bits per heavy atom. The second kappa shape index (κ2) is 6.76. The molecular weight excluding hydrogens is 340 g/mol. The van der Waals surface area contributed by atoms with Crippen molar-refractivity contribution in [3.05, 3.63) is 62.6 Å². The highest BCUT2D eigenvalue weighted by atomic mass is 79.9. The van der Waals surface area contributed by atoms with Gasteiger partial charge in [-0.05, 0) is 42.7 Å². The first kappa shape index (κ1) is 14.9. The minimum atomic E-state index is -0.363. The number of hydrogen-bond donors (Lipinski definition) is 1. The van der Waals surface area contributed by atoms with Gasteiger partial charge in [0.05, 0.1) is 4.92 Å². The Morgan fingerprint density at radius 3 is 2.55 bits per heavy atom. The minimum absolute atomic E-state index is 0.118. The Kier molecular flexibility index (Phi) is 5.03. The van der Waals surface area contributed by atoms with Crippen LogP contribution in [0.1, 0.15) is 5.56 Å². The highest BCUT2D eigenvalue weighted by Gasteiger charge is 2.13. The molecule has 0 heterocycles. The van der Waals surface area contributed by atoms with Gasteiger partial charge in [-0.25, -0.2) is 0 Å². The molecule has 0 saturated heterocycles. The molecule has 2 aromatic rings. The fraction of sp³-hybridized carbons (Fsp3) is 0.143. The standard InChI is InChI=1S/C14H13BrN2O2S/c1-20-13-6-4-12(5-7-13)16-9-10-2-3-11(15)8-14(10)17(18)19/h2-8,16H,9H2,1H3. The van der Waals surface area contributed by atoms with Crippen molar-refractivity contribution in [3.63, 3.8) is 0 Å². The third-order valence-corrected chi connectivity index (χ3v) is 4.05. The normalized spacial score (nSPS) is 10.3. The molecule has 0 aliphatic heterocycles. The van der Waals surface area contributed by atoms with Crippen LogP contribution in [0.3, 0.4) is 0 Å². The van der Waals surface area contributed by atoms with Gasteiger partial charge in [-0.2, -0.15) is 0 Å². The Balaban J connectivity index is 2.12. The molecule has 0 bridgehead atoms. The molecule has 0 unspecified atom stereocenters. The zero-order chi connectivity index (χ0) is 14.5. The van der Waals surface area contributed by atoms with Crippen LogP contribution in [-0.2, 0) is 6.54 Å². The van der Waals surface area contributed by atoms with E-state index in [0.29, 0.717) is 16.6 Å². The Labute approximate surface area is 129 Å². The molecule has 104 valence electrons. The molecule has 0 radical (unpaired) electrons. The molecule has 0 aromatic heterocycles. The van der Waals surface area contributed by atoms with Crippen molar-refractivity contribution in [3.8, 4) is 0 Å². The maximum absolute atomic E-state index is 11.0. The first-order valence-corrected chi connectivity index (χ1v) is 7.92. The molecule has 4 nitrogen and oxygen atoms in total. The van der Waals surface area contributed by atoms with Gasteiger partial charge in [0.25, 0.3) is 5.69 Å². The van der Waals surface area contributed by atoms with Crippen LogP contribution < -0.4 is 5.32 Å². The molecule has 6 heteroatoms. The summed E-state index contributed by atoms with van der Waals surface area (Å²) in [5.41, 5.74) is 1.72. The second-order valence-electron chi connectivity index (χ2n) is 4.11. The van der Waals surface area contributed by atoms with Crippen molar-refractivity contribution in [2.24, 2.45) is 0 Å². The Bertz CT molecular complexity index is 617. The van der Waals surface area contributed by atoms with Gasteiger partial charge < -0.3 is 5.32 Å². The topological polar surface area (TPSA) is 55.2 Å². The number of nitro benzene ring substituents is 1. The molecule has 0 spiro atoms. The number of rotatable bonds is 5. The number of nitrogens with one attached hydrogen (secondary N) is 1. The van der Waals surface area contributed by atoms with Gasteiger partial charge in [-0.1, -0.05) is 15.9 Å². The molecule has 2 aromatic carbocycles. The third kappa shape index (κ3) is 3.74. The summed E-state index contributed by atoms with van der Waals surface area (Å²) in [4.78, 5) is 11.8. The summed E-state index contributed by atoms with van der Waals surface area (Å²) >= 11 is 4.93. The second-order valence-corrected chi connectivity index (χ2v) is 5.91. The number of nitro groups is 1. The predicted molar refractivity (Wildman–Crippen MR) is 86.3 cm³/mol. The lowest BCUT2D eigenvalue weighted by atomic mass is 10.2.